The fourth-order valence-corrected chi connectivity index (χ4v) is 6.06. The van der Waals surface area contributed by atoms with Gasteiger partial charge in [-0.3, -0.25) is 9.59 Å². The van der Waals surface area contributed by atoms with E-state index in [9.17, 15) is 19.5 Å². The van der Waals surface area contributed by atoms with E-state index in [1.54, 1.807) is 24.3 Å². The van der Waals surface area contributed by atoms with Crippen LogP contribution in [0.25, 0.3) is 11.3 Å². The van der Waals surface area contributed by atoms with Crippen LogP contribution in [0.4, 0.5) is 10.8 Å². The van der Waals surface area contributed by atoms with Crippen molar-refractivity contribution in [1.29, 1.82) is 0 Å². The number of halogens is 4. The number of carboxylic acid groups (broad SMARTS) is 1. The highest BCUT2D eigenvalue weighted by molar-refractivity contribution is 8.00. The van der Waals surface area contributed by atoms with Gasteiger partial charge in [-0.2, -0.15) is 0 Å². The highest BCUT2D eigenvalue weighted by Gasteiger charge is 2.29. The molecule has 0 saturated heterocycles. The molecule has 2 amide bonds. The van der Waals surface area contributed by atoms with E-state index in [-0.39, 0.29) is 26.7 Å². The molecular formula is C26H17Cl4N3O4S2. The van der Waals surface area contributed by atoms with Gasteiger partial charge in [0.05, 0.1) is 42.7 Å². The number of aromatic nitrogens is 1. The lowest BCUT2D eigenvalue weighted by Gasteiger charge is -2.14. The second-order valence-corrected chi connectivity index (χ2v) is 11.7. The van der Waals surface area contributed by atoms with Crippen LogP contribution in [0, 0.1) is 6.92 Å². The number of carbonyl (C=O) groups is 3. The Kier molecular flexibility index (Phi) is 9.43. The van der Waals surface area contributed by atoms with Gasteiger partial charge in [-0.1, -0.05) is 76.7 Å². The van der Waals surface area contributed by atoms with E-state index in [2.05, 4.69) is 15.6 Å². The topological polar surface area (TPSA) is 108 Å². The van der Waals surface area contributed by atoms with Gasteiger partial charge in [0.2, 0.25) is 5.91 Å². The Morgan fingerprint density at radius 3 is 2.10 bits per heavy atom. The quantitative estimate of drug-likeness (QED) is 0.101. The number of thiazole rings is 1. The molecule has 0 aliphatic rings. The number of nitrogens with zero attached hydrogens (tertiary/aromatic N) is 1. The monoisotopic (exact) mass is 639 g/mol. The molecule has 39 heavy (non-hydrogen) atoms. The summed E-state index contributed by atoms with van der Waals surface area (Å²) >= 11 is 26.8. The van der Waals surface area contributed by atoms with E-state index >= 15 is 0 Å². The molecular weight excluding hydrogens is 624 g/mol. The van der Waals surface area contributed by atoms with Crippen molar-refractivity contribution >= 4 is 98.1 Å². The first kappa shape index (κ1) is 29.2. The van der Waals surface area contributed by atoms with Gasteiger partial charge in [0.25, 0.3) is 5.91 Å². The fraction of sp³-hybridized carbons (Fsp3) is 0.0769. The van der Waals surface area contributed by atoms with E-state index in [1.807, 2.05) is 37.3 Å². The van der Waals surface area contributed by atoms with E-state index in [1.165, 1.54) is 23.1 Å². The summed E-state index contributed by atoms with van der Waals surface area (Å²) in [5, 5.41) is 14.3. The number of carbonyl (C=O) groups excluding carboxylic acids is 2. The molecule has 1 aromatic heterocycles. The van der Waals surface area contributed by atoms with Crippen molar-refractivity contribution < 1.29 is 19.5 Å². The Bertz CT molecular complexity index is 1580. The molecule has 0 aliphatic heterocycles. The van der Waals surface area contributed by atoms with Gasteiger partial charge >= 0.3 is 5.97 Å². The first-order valence-corrected chi connectivity index (χ1v) is 14.3. The molecule has 3 aromatic carbocycles. The number of hydrogen-bond acceptors (Lipinski definition) is 6. The summed E-state index contributed by atoms with van der Waals surface area (Å²) in [6.45, 7) is 1.96. The number of benzene rings is 3. The average molecular weight is 641 g/mol. The Hall–Kier alpha value is -2.79. The molecule has 3 N–H and O–H groups in total. The number of thioether (sulfide) groups is 1. The second-order valence-electron chi connectivity index (χ2n) is 7.92. The summed E-state index contributed by atoms with van der Waals surface area (Å²) in [6, 6.07) is 16.3. The second kappa shape index (κ2) is 12.6. The van der Waals surface area contributed by atoms with Gasteiger partial charge in [0, 0.05) is 21.0 Å². The van der Waals surface area contributed by atoms with Crippen LogP contribution in [0.5, 0.6) is 0 Å². The third kappa shape index (κ3) is 6.69. The van der Waals surface area contributed by atoms with Crippen LogP contribution < -0.4 is 10.6 Å². The molecule has 0 fully saturated rings. The third-order valence-corrected chi connectivity index (χ3v) is 8.98. The lowest BCUT2D eigenvalue weighted by molar-refractivity contribution is -0.113. The van der Waals surface area contributed by atoms with Gasteiger partial charge in [0.15, 0.2) is 5.13 Å². The molecule has 0 aliphatic carbocycles. The number of carboxylic acids is 1. The maximum atomic E-state index is 12.9. The van der Waals surface area contributed by atoms with Crippen LogP contribution in [0.3, 0.4) is 0 Å². The maximum absolute atomic E-state index is 12.9. The van der Waals surface area contributed by atoms with Crippen LogP contribution in [0.15, 0.2) is 59.5 Å². The molecule has 200 valence electrons. The Morgan fingerprint density at radius 1 is 0.872 bits per heavy atom. The highest BCUT2D eigenvalue weighted by atomic mass is 35.5. The number of amides is 2. The molecule has 0 bridgehead atoms. The number of rotatable bonds is 8. The van der Waals surface area contributed by atoms with Crippen LogP contribution >= 0.6 is 69.5 Å². The normalized spacial score (nSPS) is 10.8. The first-order chi connectivity index (χ1) is 18.6. The van der Waals surface area contributed by atoms with Crippen LogP contribution in [-0.2, 0) is 4.79 Å². The predicted octanol–water partition coefficient (Wildman–Crippen LogP) is 8.41. The zero-order valence-corrected chi connectivity index (χ0v) is 24.5. The van der Waals surface area contributed by atoms with E-state index in [0.29, 0.717) is 10.8 Å². The number of anilines is 2. The Labute approximate surface area is 251 Å². The Morgan fingerprint density at radius 2 is 1.49 bits per heavy atom. The van der Waals surface area contributed by atoms with Crippen molar-refractivity contribution in [3.05, 3.63) is 90.7 Å². The molecule has 0 unspecified atom stereocenters. The minimum Gasteiger partial charge on any atom is -0.478 e. The van der Waals surface area contributed by atoms with Gasteiger partial charge < -0.3 is 15.7 Å². The fourth-order valence-electron chi connectivity index (χ4n) is 3.49. The summed E-state index contributed by atoms with van der Waals surface area (Å²) in [5.41, 5.74) is 1.21. The lowest BCUT2D eigenvalue weighted by Crippen LogP contribution is -2.18. The minimum atomic E-state index is -1.49. The molecule has 0 atom stereocenters. The highest BCUT2D eigenvalue weighted by Crippen LogP contribution is 2.42. The first-order valence-electron chi connectivity index (χ1n) is 11.0. The average Bonchev–Trinajstić information content (AvgIpc) is 3.28. The van der Waals surface area contributed by atoms with Crippen molar-refractivity contribution in [3.63, 3.8) is 0 Å². The molecule has 0 spiro atoms. The van der Waals surface area contributed by atoms with E-state index in [0.717, 1.165) is 21.0 Å². The summed E-state index contributed by atoms with van der Waals surface area (Å²) in [6.07, 6.45) is 0. The molecule has 0 radical (unpaired) electrons. The van der Waals surface area contributed by atoms with Crippen molar-refractivity contribution in [2.45, 2.75) is 11.8 Å². The summed E-state index contributed by atoms with van der Waals surface area (Å²) in [5.74, 6) is -2.38. The van der Waals surface area contributed by atoms with E-state index in [4.69, 9.17) is 46.4 Å². The Balaban J connectivity index is 1.38. The number of aromatic carboxylic acids is 1. The van der Waals surface area contributed by atoms with Crippen LogP contribution in [-0.4, -0.2) is 33.6 Å². The smallest absolute Gasteiger partial charge is 0.338 e. The summed E-state index contributed by atoms with van der Waals surface area (Å²) < 4.78 is 0. The summed E-state index contributed by atoms with van der Waals surface area (Å²) in [4.78, 5) is 43.4. The largest absolute Gasteiger partial charge is 0.478 e. The lowest BCUT2D eigenvalue weighted by atomic mass is 10.1. The van der Waals surface area contributed by atoms with Crippen LogP contribution in [0.2, 0.25) is 20.1 Å². The number of aryl methyl sites for hydroxylation is 1. The van der Waals surface area contributed by atoms with Crippen LogP contribution in [0.1, 0.15) is 25.6 Å². The zero-order chi connectivity index (χ0) is 28.3. The van der Waals surface area contributed by atoms with Crippen molar-refractivity contribution in [2.75, 3.05) is 16.4 Å². The number of nitrogens with one attached hydrogen (secondary N) is 2. The van der Waals surface area contributed by atoms with Gasteiger partial charge in [-0.05, 0) is 31.2 Å². The predicted molar refractivity (Wildman–Crippen MR) is 159 cm³/mol. The summed E-state index contributed by atoms with van der Waals surface area (Å²) in [7, 11) is 0. The zero-order valence-electron chi connectivity index (χ0n) is 19.9. The van der Waals surface area contributed by atoms with Gasteiger partial charge in [-0.25, -0.2) is 9.78 Å². The minimum absolute atomic E-state index is 0.143. The maximum Gasteiger partial charge on any atom is 0.338 e. The SMILES string of the molecule is Cc1sc(NC(=O)CSc2ccc(NC(=O)c3c(Cl)c(Cl)c(Cl)c(Cl)c3C(=O)O)cc2)nc1-c1ccccc1. The molecule has 7 nitrogen and oxygen atoms in total. The number of hydrogen-bond donors (Lipinski definition) is 3. The third-order valence-electron chi connectivity index (χ3n) is 5.28. The molecule has 1 heterocycles. The van der Waals surface area contributed by atoms with Crippen molar-refractivity contribution in [3.8, 4) is 11.3 Å². The molecule has 4 aromatic rings. The van der Waals surface area contributed by atoms with Gasteiger partial charge in [-0.15, -0.1) is 23.1 Å². The molecule has 0 saturated carbocycles. The van der Waals surface area contributed by atoms with E-state index < -0.39 is 28.0 Å². The van der Waals surface area contributed by atoms with Crippen molar-refractivity contribution in [1.82, 2.24) is 4.98 Å². The standard InChI is InChI=1S/C26H17Cl4N3O4S2/c1-12-23(13-5-3-2-4-6-13)33-26(39-12)32-16(34)11-38-15-9-7-14(8-10-15)31-24(35)17-18(25(36)37)20(28)22(30)21(29)19(17)27/h2-10H,11H2,1H3,(H,31,35)(H,36,37)(H,32,33,34). The molecule has 4 rings (SSSR count). The van der Waals surface area contributed by atoms with Crippen molar-refractivity contribution in [2.24, 2.45) is 0 Å². The molecule has 13 heteroatoms. The van der Waals surface area contributed by atoms with Gasteiger partial charge in [0.1, 0.15) is 0 Å².